The highest BCUT2D eigenvalue weighted by atomic mass is 35.5. The van der Waals surface area contributed by atoms with Crippen LogP contribution in [0.3, 0.4) is 0 Å². The van der Waals surface area contributed by atoms with Gasteiger partial charge in [-0.2, -0.15) is 10.2 Å². The van der Waals surface area contributed by atoms with Crippen molar-refractivity contribution in [2.75, 3.05) is 49.2 Å². The zero-order valence-electron chi connectivity index (χ0n) is 24.1. The van der Waals surface area contributed by atoms with Crippen LogP contribution < -0.4 is 20.2 Å². The van der Waals surface area contributed by atoms with Gasteiger partial charge < -0.3 is 24.0 Å². The summed E-state index contributed by atoms with van der Waals surface area (Å²) in [7, 11) is 0. The number of aromatic nitrogens is 6. The fraction of sp³-hybridized carbons (Fsp3) is 0.290. The predicted octanol–water partition coefficient (Wildman–Crippen LogP) is 4.13. The second kappa shape index (κ2) is 12.6. The van der Waals surface area contributed by atoms with Crippen LogP contribution in [0.15, 0.2) is 90.5 Å². The third-order valence-electron chi connectivity index (χ3n) is 8.00. The molecule has 4 heterocycles. The summed E-state index contributed by atoms with van der Waals surface area (Å²) in [6, 6.07) is 21.3. The topological polar surface area (TPSA) is 116 Å². The van der Waals surface area contributed by atoms with E-state index < -0.39 is 5.79 Å². The Balaban J connectivity index is 0.936. The average molecular weight is 650 g/mol. The molecule has 0 radical (unpaired) electrons. The molecule has 2 saturated heterocycles. The maximum absolute atomic E-state index is 11.8. The van der Waals surface area contributed by atoms with E-state index >= 15 is 0 Å². The Morgan fingerprint density at radius 2 is 1.60 bits per heavy atom. The maximum Gasteiger partial charge on any atom is 0.347 e. The maximum atomic E-state index is 11.8. The number of nitrogens with one attached hydrogen (secondary N) is 1. The van der Waals surface area contributed by atoms with E-state index in [1.165, 1.54) is 17.2 Å². The number of rotatable bonds is 9. The van der Waals surface area contributed by atoms with E-state index in [-0.39, 0.29) is 18.3 Å². The fourth-order valence-corrected chi connectivity index (χ4v) is 6.26. The SMILES string of the molecule is O=c1[nH]ncn1-c1ccc(N2CCN(c3ccc(OC[C@@H]4COC(Cn5cncn5)(c5ccc(Cl)cc5Cl)O4)cc3)CC2)cc1. The Labute approximate surface area is 268 Å². The smallest absolute Gasteiger partial charge is 0.347 e. The first-order valence-corrected chi connectivity index (χ1v) is 15.3. The fourth-order valence-electron chi connectivity index (χ4n) is 5.70. The van der Waals surface area contributed by atoms with Crippen LogP contribution in [-0.4, -0.2) is 75.0 Å². The van der Waals surface area contributed by atoms with Crippen LogP contribution >= 0.6 is 23.2 Å². The Kier molecular flexibility index (Phi) is 8.19. The summed E-state index contributed by atoms with van der Waals surface area (Å²) in [5.74, 6) is -0.410. The molecule has 2 aliphatic rings. The number of benzene rings is 3. The van der Waals surface area contributed by atoms with E-state index in [2.05, 4.69) is 42.2 Å². The van der Waals surface area contributed by atoms with Crippen molar-refractivity contribution in [2.45, 2.75) is 18.4 Å². The first kappa shape index (κ1) is 29.4. The molecule has 0 aliphatic carbocycles. The van der Waals surface area contributed by atoms with Crippen molar-refractivity contribution in [1.29, 1.82) is 0 Å². The Bertz CT molecular complexity index is 1790. The van der Waals surface area contributed by atoms with Crippen LogP contribution in [0.4, 0.5) is 11.4 Å². The number of ether oxygens (including phenoxy) is 3. The summed E-state index contributed by atoms with van der Waals surface area (Å²) in [5.41, 5.74) is 3.46. The minimum absolute atomic E-state index is 0.255. The second-order valence-electron chi connectivity index (χ2n) is 10.8. The standard InChI is InChI=1S/C31H30Cl2N8O4/c32-22-1-10-28(29(33)15-22)31(18-40-20-34-19-36-40)44-17-27(45-31)16-43-26-8-6-24(7-9-26)39-13-11-38(12-14-39)23-2-4-25(5-3-23)41-21-35-37-30(41)42/h1-10,15,19-21,27H,11-14,16-18H2,(H,37,42)/t27-,31?/m1/s1. The highest BCUT2D eigenvalue weighted by molar-refractivity contribution is 6.35. The summed E-state index contributed by atoms with van der Waals surface area (Å²) < 4.78 is 21.9. The van der Waals surface area contributed by atoms with E-state index in [9.17, 15) is 4.79 Å². The van der Waals surface area contributed by atoms with Crippen LogP contribution in [0.5, 0.6) is 5.75 Å². The lowest BCUT2D eigenvalue weighted by atomic mass is 10.1. The number of hydrogen-bond donors (Lipinski definition) is 1. The number of nitrogens with zero attached hydrogens (tertiary/aromatic N) is 7. The molecule has 1 N–H and O–H groups in total. The van der Waals surface area contributed by atoms with Crippen LogP contribution in [-0.2, 0) is 21.8 Å². The van der Waals surface area contributed by atoms with Crippen LogP contribution in [0.1, 0.15) is 5.56 Å². The molecule has 14 heteroatoms. The zero-order valence-corrected chi connectivity index (χ0v) is 25.6. The van der Waals surface area contributed by atoms with Gasteiger partial charge in [0.2, 0.25) is 5.79 Å². The zero-order chi connectivity index (χ0) is 30.8. The number of aromatic amines is 1. The first-order valence-electron chi connectivity index (χ1n) is 14.5. The van der Waals surface area contributed by atoms with Gasteiger partial charge in [0, 0.05) is 48.1 Å². The molecular weight excluding hydrogens is 619 g/mol. The van der Waals surface area contributed by atoms with Crippen LogP contribution in [0.2, 0.25) is 10.0 Å². The lowest BCUT2D eigenvalue weighted by Gasteiger charge is -2.37. The minimum atomic E-state index is -1.16. The summed E-state index contributed by atoms with van der Waals surface area (Å²) in [6.45, 7) is 4.43. The lowest BCUT2D eigenvalue weighted by Crippen LogP contribution is -2.46. The third kappa shape index (κ3) is 6.27. The van der Waals surface area contributed by atoms with Crippen LogP contribution in [0.25, 0.3) is 5.69 Å². The molecule has 0 saturated carbocycles. The van der Waals surface area contributed by atoms with E-state index in [4.69, 9.17) is 37.4 Å². The number of anilines is 2. The van der Waals surface area contributed by atoms with Gasteiger partial charge in [-0.25, -0.2) is 24.1 Å². The van der Waals surface area contributed by atoms with Crippen molar-refractivity contribution < 1.29 is 14.2 Å². The molecule has 5 aromatic rings. The molecule has 2 aromatic heterocycles. The molecule has 3 aromatic carbocycles. The van der Waals surface area contributed by atoms with Gasteiger partial charge in [-0.1, -0.05) is 29.3 Å². The normalized spacial score (nSPS) is 20.1. The van der Waals surface area contributed by atoms with Crippen molar-refractivity contribution in [3.8, 4) is 11.4 Å². The number of piperazine rings is 1. The van der Waals surface area contributed by atoms with E-state index in [0.717, 1.165) is 49.0 Å². The lowest BCUT2D eigenvalue weighted by molar-refractivity contribution is -0.190. The van der Waals surface area contributed by atoms with Crippen LogP contribution in [0, 0.1) is 0 Å². The summed E-state index contributed by atoms with van der Waals surface area (Å²) in [5, 5.41) is 11.4. The molecule has 2 aliphatic heterocycles. The molecule has 0 spiro atoms. The molecular formula is C31H30Cl2N8O4. The monoisotopic (exact) mass is 648 g/mol. The predicted molar refractivity (Wildman–Crippen MR) is 170 cm³/mol. The molecule has 232 valence electrons. The highest BCUT2D eigenvalue weighted by Gasteiger charge is 2.45. The number of halogens is 2. The first-order chi connectivity index (χ1) is 22.0. The van der Waals surface area contributed by atoms with E-state index in [1.807, 2.05) is 42.5 Å². The van der Waals surface area contributed by atoms with E-state index in [0.29, 0.717) is 28.8 Å². The van der Waals surface area contributed by atoms with Gasteiger partial charge >= 0.3 is 5.69 Å². The van der Waals surface area contributed by atoms with Gasteiger partial charge in [-0.3, -0.25) is 0 Å². The van der Waals surface area contributed by atoms with Gasteiger partial charge in [0.1, 0.15) is 44.0 Å². The van der Waals surface area contributed by atoms with Gasteiger partial charge in [-0.05, 0) is 60.7 Å². The van der Waals surface area contributed by atoms with Crippen molar-refractivity contribution in [3.05, 3.63) is 112 Å². The third-order valence-corrected chi connectivity index (χ3v) is 8.55. The Morgan fingerprint density at radius 1 is 0.911 bits per heavy atom. The van der Waals surface area contributed by atoms with Crippen molar-refractivity contribution in [3.63, 3.8) is 0 Å². The Hall–Kier alpha value is -4.36. The molecule has 45 heavy (non-hydrogen) atoms. The largest absolute Gasteiger partial charge is 0.491 e. The molecule has 2 fully saturated rings. The summed E-state index contributed by atoms with van der Waals surface area (Å²) in [6.07, 6.45) is 4.22. The Morgan fingerprint density at radius 3 is 2.22 bits per heavy atom. The quantitative estimate of drug-likeness (QED) is 0.252. The van der Waals surface area contributed by atoms with E-state index in [1.54, 1.807) is 23.1 Å². The minimum Gasteiger partial charge on any atom is -0.491 e. The van der Waals surface area contributed by atoms with Gasteiger partial charge in [-0.15, -0.1) is 0 Å². The average Bonchev–Trinajstić information content (AvgIpc) is 3.83. The van der Waals surface area contributed by atoms with Gasteiger partial charge in [0.15, 0.2) is 0 Å². The van der Waals surface area contributed by atoms with Crippen molar-refractivity contribution in [1.82, 2.24) is 29.5 Å². The van der Waals surface area contributed by atoms with Gasteiger partial charge in [0.05, 0.1) is 17.3 Å². The second-order valence-corrected chi connectivity index (χ2v) is 11.7. The molecule has 12 nitrogen and oxygen atoms in total. The molecule has 1 unspecified atom stereocenters. The molecule has 0 bridgehead atoms. The summed E-state index contributed by atoms with van der Waals surface area (Å²) >= 11 is 12.7. The summed E-state index contributed by atoms with van der Waals surface area (Å²) in [4.78, 5) is 20.6. The highest BCUT2D eigenvalue weighted by Crippen LogP contribution is 2.40. The van der Waals surface area contributed by atoms with Crippen molar-refractivity contribution in [2.24, 2.45) is 0 Å². The number of H-pyrrole nitrogens is 1. The number of hydrogen-bond acceptors (Lipinski definition) is 9. The molecule has 0 amide bonds. The molecule has 7 rings (SSSR count). The van der Waals surface area contributed by atoms with Gasteiger partial charge in [0.25, 0.3) is 0 Å². The molecule has 2 atom stereocenters. The van der Waals surface area contributed by atoms with Crippen molar-refractivity contribution >= 4 is 34.6 Å².